The maximum absolute atomic E-state index is 4.80. The van der Waals surface area contributed by atoms with Crippen molar-refractivity contribution in [3.63, 3.8) is 0 Å². The third kappa shape index (κ3) is 2.60. The van der Waals surface area contributed by atoms with Crippen molar-refractivity contribution in [2.45, 2.75) is 0 Å². The molecule has 0 aromatic carbocycles. The number of rotatable bonds is 3. The van der Waals surface area contributed by atoms with E-state index in [1.165, 1.54) is 6.33 Å². The highest BCUT2D eigenvalue weighted by molar-refractivity contribution is 5.96. The monoisotopic (exact) mass is 391 g/mol. The van der Waals surface area contributed by atoms with Crippen molar-refractivity contribution in [2.75, 3.05) is 0 Å². The van der Waals surface area contributed by atoms with E-state index >= 15 is 0 Å². The number of pyridine rings is 3. The van der Waals surface area contributed by atoms with Crippen LogP contribution in [0.1, 0.15) is 0 Å². The third-order valence-electron chi connectivity index (χ3n) is 4.87. The number of aromatic nitrogens is 9. The third-order valence-corrected chi connectivity index (χ3v) is 4.87. The van der Waals surface area contributed by atoms with Crippen LogP contribution in [-0.4, -0.2) is 45.1 Å². The van der Waals surface area contributed by atoms with E-state index in [0.717, 1.165) is 38.8 Å². The molecule has 0 atom stereocenters. The Labute approximate surface area is 169 Å². The topological polar surface area (TPSA) is 122 Å². The van der Waals surface area contributed by atoms with Crippen molar-refractivity contribution >= 4 is 22.1 Å². The van der Waals surface area contributed by atoms with Gasteiger partial charge in [-0.25, -0.2) is 19.9 Å². The molecule has 0 amide bonds. The second-order valence-electron chi connectivity index (χ2n) is 6.70. The Bertz CT molecular complexity index is 1490. The van der Waals surface area contributed by atoms with E-state index in [9.17, 15) is 0 Å². The molecule has 0 aliphatic heterocycles. The lowest BCUT2D eigenvalue weighted by Crippen LogP contribution is -1.86. The lowest BCUT2D eigenvalue weighted by Gasteiger charge is -2.00. The van der Waals surface area contributed by atoms with Crippen molar-refractivity contribution in [1.82, 2.24) is 45.1 Å². The highest BCUT2D eigenvalue weighted by atomic mass is 15.2. The molecule has 0 aliphatic carbocycles. The summed E-state index contributed by atoms with van der Waals surface area (Å²) in [5, 5.41) is 8.28. The molecule has 6 heterocycles. The van der Waals surface area contributed by atoms with Crippen LogP contribution < -0.4 is 0 Å². The fourth-order valence-corrected chi connectivity index (χ4v) is 3.45. The SMILES string of the molecule is c1cncc(-c2nccc3[nH]c(-c4n[nH]c5ncc(-c6cncnc6)cc45)nc23)c1. The van der Waals surface area contributed by atoms with Crippen LogP contribution in [0.5, 0.6) is 0 Å². The van der Waals surface area contributed by atoms with Crippen molar-refractivity contribution < 1.29 is 0 Å². The lowest BCUT2D eigenvalue weighted by atomic mass is 10.1. The van der Waals surface area contributed by atoms with Gasteiger partial charge >= 0.3 is 0 Å². The quantitative estimate of drug-likeness (QED) is 0.474. The smallest absolute Gasteiger partial charge is 0.159 e. The largest absolute Gasteiger partial charge is 0.336 e. The lowest BCUT2D eigenvalue weighted by molar-refractivity contribution is 1.09. The predicted molar refractivity (Wildman–Crippen MR) is 111 cm³/mol. The summed E-state index contributed by atoms with van der Waals surface area (Å²) in [6.45, 7) is 0. The number of hydrogen-bond donors (Lipinski definition) is 2. The molecule has 2 N–H and O–H groups in total. The maximum atomic E-state index is 4.80. The van der Waals surface area contributed by atoms with Gasteiger partial charge in [-0.2, -0.15) is 5.10 Å². The van der Waals surface area contributed by atoms with Gasteiger partial charge in [0.05, 0.1) is 16.6 Å². The van der Waals surface area contributed by atoms with E-state index in [-0.39, 0.29) is 0 Å². The summed E-state index contributed by atoms with van der Waals surface area (Å²) >= 11 is 0. The second-order valence-corrected chi connectivity index (χ2v) is 6.70. The predicted octanol–water partition coefficient (Wildman–Crippen LogP) is 3.42. The van der Waals surface area contributed by atoms with Gasteiger partial charge in [-0.3, -0.25) is 15.1 Å². The van der Waals surface area contributed by atoms with Gasteiger partial charge in [0.1, 0.15) is 17.5 Å². The van der Waals surface area contributed by atoms with Crippen LogP contribution in [0.3, 0.4) is 0 Å². The van der Waals surface area contributed by atoms with Gasteiger partial charge in [0.2, 0.25) is 0 Å². The molecule has 6 aromatic heterocycles. The summed E-state index contributed by atoms with van der Waals surface area (Å²) in [6, 6.07) is 7.75. The fraction of sp³-hybridized carbons (Fsp3) is 0. The summed E-state index contributed by atoms with van der Waals surface area (Å²) in [5.41, 5.74) is 6.45. The van der Waals surface area contributed by atoms with E-state index in [4.69, 9.17) is 4.98 Å². The summed E-state index contributed by atoms with van der Waals surface area (Å²) < 4.78 is 0. The van der Waals surface area contributed by atoms with Crippen LogP contribution in [0.15, 0.2) is 67.8 Å². The van der Waals surface area contributed by atoms with Crippen LogP contribution in [0.4, 0.5) is 0 Å². The fourth-order valence-electron chi connectivity index (χ4n) is 3.45. The molecule has 0 saturated carbocycles. The molecule has 9 nitrogen and oxygen atoms in total. The number of hydrogen-bond acceptors (Lipinski definition) is 7. The average Bonchev–Trinajstić information content (AvgIpc) is 3.43. The first kappa shape index (κ1) is 16.4. The Morgan fingerprint density at radius 1 is 0.767 bits per heavy atom. The first-order chi connectivity index (χ1) is 14.9. The summed E-state index contributed by atoms with van der Waals surface area (Å²) in [7, 11) is 0. The highest BCUT2D eigenvalue weighted by Crippen LogP contribution is 2.31. The molecule has 0 fully saturated rings. The Kier molecular flexibility index (Phi) is 3.57. The van der Waals surface area contributed by atoms with Crippen LogP contribution in [0, 0.1) is 0 Å². The Balaban J connectivity index is 1.52. The molecule has 30 heavy (non-hydrogen) atoms. The molecule has 0 aliphatic rings. The molecule has 0 spiro atoms. The Morgan fingerprint density at radius 3 is 2.53 bits per heavy atom. The molecular formula is C21H13N9. The molecular weight excluding hydrogens is 378 g/mol. The molecule has 6 rings (SSSR count). The van der Waals surface area contributed by atoms with E-state index in [1.807, 2.05) is 24.3 Å². The highest BCUT2D eigenvalue weighted by Gasteiger charge is 2.17. The minimum Gasteiger partial charge on any atom is -0.336 e. The molecule has 0 bridgehead atoms. The number of aromatic amines is 2. The van der Waals surface area contributed by atoms with E-state index in [0.29, 0.717) is 17.2 Å². The van der Waals surface area contributed by atoms with Gasteiger partial charge in [-0.05, 0) is 24.3 Å². The van der Waals surface area contributed by atoms with Crippen molar-refractivity contribution in [2.24, 2.45) is 0 Å². The number of nitrogens with one attached hydrogen (secondary N) is 2. The first-order valence-electron chi connectivity index (χ1n) is 9.22. The van der Waals surface area contributed by atoms with Gasteiger partial charge in [0, 0.05) is 53.9 Å². The second kappa shape index (κ2) is 6.52. The summed E-state index contributed by atoms with van der Waals surface area (Å²) in [6.07, 6.45) is 12.0. The molecule has 0 unspecified atom stereocenters. The zero-order valence-corrected chi connectivity index (χ0v) is 15.5. The molecule has 0 saturated heterocycles. The van der Waals surface area contributed by atoms with Crippen molar-refractivity contribution in [1.29, 1.82) is 0 Å². The number of H-pyrrole nitrogens is 2. The van der Waals surface area contributed by atoms with Crippen LogP contribution in [0.25, 0.3) is 56.0 Å². The van der Waals surface area contributed by atoms with Gasteiger partial charge in [0.15, 0.2) is 11.5 Å². The Hall–Kier alpha value is -4.53. The van der Waals surface area contributed by atoms with Crippen LogP contribution in [-0.2, 0) is 0 Å². The molecule has 9 heteroatoms. The standard InChI is InChI=1S/C21H13N9/c1-2-12(7-22-4-1)17-19-16(3-5-25-17)27-21(28-19)18-15-6-13(10-26-20(15)30-29-18)14-8-23-11-24-9-14/h1-11H,(H,27,28)(H,26,29,30). The van der Waals surface area contributed by atoms with Crippen LogP contribution >= 0.6 is 0 Å². The Morgan fingerprint density at radius 2 is 1.67 bits per heavy atom. The van der Waals surface area contributed by atoms with Crippen molar-refractivity contribution in [3.05, 3.63) is 67.8 Å². The maximum Gasteiger partial charge on any atom is 0.159 e. The van der Waals surface area contributed by atoms with E-state index < -0.39 is 0 Å². The van der Waals surface area contributed by atoms with Crippen molar-refractivity contribution in [3.8, 4) is 33.9 Å². The molecule has 6 aromatic rings. The zero-order chi connectivity index (χ0) is 19.9. The zero-order valence-electron chi connectivity index (χ0n) is 15.5. The average molecular weight is 391 g/mol. The summed E-state index contributed by atoms with van der Waals surface area (Å²) in [5.74, 6) is 0.637. The number of nitrogens with zero attached hydrogens (tertiary/aromatic N) is 7. The number of fused-ring (bicyclic) bond motifs is 2. The van der Waals surface area contributed by atoms with Gasteiger partial charge in [0.25, 0.3) is 0 Å². The first-order valence-corrected chi connectivity index (χ1v) is 9.22. The number of imidazole rings is 1. The molecule has 142 valence electrons. The minimum absolute atomic E-state index is 0.637. The van der Waals surface area contributed by atoms with Crippen LogP contribution in [0.2, 0.25) is 0 Å². The van der Waals surface area contributed by atoms with E-state index in [1.54, 1.807) is 37.2 Å². The minimum atomic E-state index is 0.637. The van der Waals surface area contributed by atoms with Gasteiger partial charge < -0.3 is 4.98 Å². The van der Waals surface area contributed by atoms with Gasteiger partial charge in [-0.1, -0.05) is 0 Å². The normalized spacial score (nSPS) is 11.3. The van der Waals surface area contributed by atoms with E-state index in [2.05, 4.69) is 40.1 Å². The summed E-state index contributed by atoms with van der Waals surface area (Å²) in [4.78, 5) is 29.5. The molecule has 0 radical (unpaired) electrons. The van der Waals surface area contributed by atoms with Gasteiger partial charge in [-0.15, -0.1) is 0 Å².